The van der Waals surface area contributed by atoms with Crippen molar-refractivity contribution in [2.75, 3.05) is 0 Å². The quantitative estimate of drug-likeness (QED) is 0.561. The molecule has 3 N–H and O–H groups in total. The Morgan fingerprint density at radius 1 is 1.55 bits per heavy atom. The van der Waals surface area contributed by atoms with Gasteiger partial charge in [-0.15, -0.1) is 0 Å². The first-order chi connectivity index (χ1) is 5.16. The molecule has 1 heterocycles. The first-order valence-corrected chi connectivity index (χ1v) is 3.19. The number of carboxylic acids is 1. The number of aryl methyl sites for hydroxylation is 1. The van der Waals surface area contributed by atoms with Crippen molar-refractivity contribution in [3.8, 4) is 0 Å². The van der Waals surface area contributed by atoms with Crippen LogP contribution in [0.25, 0.3) is 0 Å². The molecule has 5 nitrogen and oxygen atoms in total. The summed E-state index contributed by atoms with van der Waals surface area (Å²) in [6.45, 7) is 1.77. The number of aromatic amines is 2. The number of aromatic carboxylic acids is 1. The highest BCUT2D eigenvalue weighted by molar-refractivity contribution is 5.88. The van der Waals surface area contributed by atoms with Gasteiger partial charge in [0.2, 0.25) is 0 Å². The summed E-state index contributed by atoms with van der Waals surface area (Å²) >= 11 is 0. The highest BCUT2D eigenvalue weighted by Gasteiger charge is 2.14. The molecule has 0 spiro atoms. The van der Waals surface area contributed by atoms with Gasteiger partial charge in [0.15, 0.2) is 0 Å². The number of carbonyl (C=O) groups is 1. The van der Waals surface area contributed by atoms with E-state index in [9.17, 15) is 9.59 Å². The SMILES string of the molecule is CCc1[nH][nH]c(=O)c1C(=O)O. The molecule has 0 bridgehead atoms. The first kappa shape index (κ1) is 7.59. The average molecular weight is 156 g/mol. The lowest BCUT2D eigenvalue weighted by molar-refractivity contribution is 0.0694. The zero-order valence-electron chi connectivity index (χ0n) is 5.97. The van der Waals surface area contributed by atoms with Gasteiger partial charge in [-0.05, 0) is 6.42 Å². The van der Waals surface area contributed by atoms with Gasteiger partial charge in [-0.3, -0.25) is 9.89 Å². The van der Waals surface area contributed by atoms with E-state index in [1.807, 2.05) is 0 Å². The zero-order chi connectivity index (χ0) is 8.43. The minimum Gasteiger partial charge on any atom is -0.477 e. The molecule has 0 atom stereocenters. The first-order valence-electron chi connectivity index (χ1n) is 3.19. The third-order valence-corrected chi connectivity index (χ3v) is 1.42. The molecule has 5 heteroatoms. The fourth-order valence-electron chi connectivity index (χ4n) is 0.886. The summed E-state index contributed by atoms with van der Waals surface area (Å²) in [7, 11) is 0. The minimum absolute atomic E-state index is 0.187. The summed E-state index contributed by atoms with van der Waals surface area (Å²) in [5, 5.41) is 13.2. The van der Waals surface area contributed by atoms with Gasteiger partial charge in [0.1, 0.15) is 5.56 Å². The van der Waals surface area contributed by atoms with Gasteiger partial charge < -0.3 is 10.2 Å². The number of aromatic nitrogens is 2. The summed E-state index contributed by atoms with van der Waals surface area (Å²) in [4.78, 5) is 21.2. The molecule has 0 aromatic carbocycles. The molecule has 0 fully saturated rings. The van der Waals surface area contributed by atoms with Crippen molar-refractivity contribution in [2.24, 2.45) is 0 Å². The molecule has 60 valence electrons. The number of nitrogens with one attached hydrogen (secondary N) is 2. The van der Waals surface area contributed by atoms with Gasteiger partial charge in [0.05, 0.1) is 5.69 Å². The summed E-state index contributed by atoms with van der Waals surface area (Å²) in [5.74, 6) is -1.19. The molecule has 1 aromatic heterocycles. The molecule has 0 radical (unpaired) electrons. The van der Waals surface area contributed by atoms with Gasteiger partial charge in [0.25, 0.3) is 5.56 Å². The number of hydrogen-bond donors (Lipinski definition) is 3. The lowest BCUT2D eigenvalue weighted by atomic mass is 10.2. The smallest absolute Gasteiger partial charge is 0.343 e. The standard InChI is InChI=1S/C6H8N2O3/c1-2-3-4(6(10)11)5(9)8-7-3/h2H2,1H3,(H,10,11)(H2,7,8,9). The van der Waals surface area contributed by atoms with Crippen LogP contribution in [0.3, 0.4) is 0 Å². The second-order valence-electron chi connectivity index (χ2n) is 2.09. The Kier molecular flexibility index (Phi) is 1.80. The Balaban J connectivity index is 3.29. The monoisotopic (exact) mass is 156 g/mol. The summed E-state index contributed by atoms with van der Waals surface area (Å²) in [6.07, 6.45) is 0.500. The summed E-state index contributed by atoms with van der Waals surface area (Å²) in [6, 6.07) is 0. The van der Waals surface area contributed by atoms with Crippen LogP contribution in [0.15, 0.2) is 4.79 Å². The van der Waals surface area contributed by atoms with Crippen molar-refractivity contribution in [1.29, 1.82) is 0 Å². The van der Waals surface area contributed by atoms with E-state index in [4.69, 9.17) is 5.11 Å². The van der Waals surface area contributed by atoms with Crippen LogP contribution in [0.2, 0.25) is 0 Å². The van der Waals surface area contributed by atoms with Crippen LogP contribution in [0.1, 0.15) is 23.0 Å². The van der Waals surface area contributed by atoms with Crippen LogP contribution in [0, 0.1) is 0 Å². The van der Waals surface area contributed by atoms with Crippen LogP contribution >= 0.6 is 0 Å². The van der Waals surface area contributed by atoms with E-state index < -0.39 is 11.5 Å². The largest absolute Gasteiger partial charge is 0.477 e. The predicted octanol–water partition coefficient (Wildman–Crippen LogP) is -0.0364. The van der Waals surface area contributed by atoms with Gasteiger partial charge in [-0.2, -0.15) is 0 Å². The normalized spacial score (nSPS) is 9.91. The van der Waals surface area contributed by atoms with E-state index in [-0.39, 0.29) is 5.56 Å². The lowest BCUT2D eigenvalue weighted by Gasteiger charge is -1.89. The van der Waals surface area contributed by atoms with Crippen LogP contribution in [0.4, 0.5) is 0 Å². The Labute approximate surface area is 62.0 Å². The highest BCUT2D eigenvalue weighted by Crippen LogP contribution is 1.98. The Hall–Kier alpha value is -1.52. The van der Waals surface area contributed by atoms with Crippen molar-refractivity contribution < 1.29 is 9.90 Å². The van der Waals surface area contributed by atoms with Gasteiger partial charge in [-0.25, -0.2) is 4.79 Å². The Bertz CT molecular complexity index is 323. The average Bonchev–Trinajstić information content (AvgIpc) is 2.30. The van der Waals surface area contributed by atoms with Crippen LogP contribution < -0.4 is 5.56 Å². The van der Waals surface area contributed by atoms with E-state index in [1.165, 1.54) is 0 Å². The molecule has 0 amide bonds. The van der Waals surface area contributed by atoms with Crippen molar-refractivity contribution in [3.05, 3.63) is 21.6 Å². The molecule has 0 aliphatic heterocycles. The van der Waals surface area contributed by atoms with Crippen LogP contribution in [0.5, 0.6) is 0 Å². The molecule has 0 aliphatic carbocycles. The van der Waals surface area contributed by atoms with Crippen LogP contribution in [-0.4, -0.2) is 21.3 Å². The van der Waals surface area contributed by atoms with E-state index in [2.05, 4.69) is 10.2 Å². The molecule has 0 aliphatic rings. The summed E-state index contributed by atoms with van der Waals surface area (Å²) in [5.41, 5.74) is -0.329. The third kappa shape index (κ3) is 1.17. The molecule has 0 saturated carbocycles. The third-order valence-electron chi connectivity index (χ3n) is 1.42. The fraction of sp³-hybridized carbons (Fsp3) is 0.333. The number of rotatable bonds is 2. The zero-order valence-corrected chi connectivity index (χ0v) is 5.97. The minimum atomic E-state index is -1.19. The number of carboxylic acid groups (broad SMARTS) is 1. The number of hydrogen-bond acceptors (Lipinski definition) is 2. The summed E-state index contributed by atoms with van der Waals surface area (Å²) < 4.78 is 0. The van der Waals surface area contributed by atoms with E-state index >= 15 is 0 Å². The van der Waals surface area contributed by atoms with Crippen molar-refractivity contribution >= 4 is 5.97 Å². The molecule has 1 rings (SSSR count). The van der Waals surface area contributed by atoms with Crippen molar-refractivity contribution in [2.45, 2.75) is 13.3 Å². The fourth-order valence-corrected chi connectivity index (χ4v) is 0.886. The highest BCUT2D eigenvalue weighted by atomic mass is 16.4. The van der Waals surface area contributed by atoms with Crippen LogP contribution in [-0.2, 0) is 6.42 Å². The Morgan fingerprint density at radius 2 is 2.18 bits per heavy atom. The van der Waals surface area contributed by atoms with Crippen molar-refractivity contribution in [3.63, 3.8) is 0 Å². The van der Waals surface area contributed by atoms with Gasteiger partial charge in [-0.1, -0.05) is 6.92 Å². The van der Waals surface area contributed by atoms with E-state index in [0.717, 1.165) is 0 Å². The topological polar surface area (TPSA) is 86.0 Å². The lowest BCUT2D eigenvalue weighted by Crippen LogP contribution is -2.12. The van der Waals surface area contributed by atoms with E-state index in [0.29, 0.717) is 12.1 Å². The predicted molar refractivity (Wildman–Crippen MR) is 37.8 cm³/mol. The maximum absolute atomic E-state index is 10.8. The molecule has 0 saturated heterocycles. The van der Waals surface area contributed by atoms with E-state index in [1.54, 1.807) is 6.92 Å². The maximum Gasteiger partial charge on any atom is 0.343 e. The molecular formula is C6H8N2O3. The molecule has 0 unspecified atom stereocenters. The second-order valence-corrected chi connectivity index (χ2v) is 2.09. The molecule has 1 aromatic rings. The van der Waals surface area contributed by atoms with Crippen molar-refractivity contribution in [1.82, 2.24) is 10.2 Å². The number of H-pyrrole nitrogens is 2. The van der Waals surface area contributed by atoms with Gasteiger partial charge >= 0.3 is 5.97 Å². The Morgan fingerprint density at radius 3 is 2.55 bits per heavy atom. The maximum atomic E-state index is 10.8. The molecule has 11 heavy (non-hydrogen) atoms. The molecular weight excluding hydrogens is 148 g/mol. The van der Waals surface area contributed by atoms with Gasteiger partial charge in [0, 0.05) is 0 Å². The second kappa shape index (κ2) is 2.61.